The van der Waals surface area contributed by atoms with E-state index in [4.69, 9.17) is 0 Å². The van der Waals surface area contributed by atoms with E-state index in [9.17, 15) is 8.42 Å². The Morgan fingerprint density at radius 2 is 1.63 bits per heavy atom. The topological polar surface area (TPSA) is 78.4 Å². The van der Waals surface area contributed by atoms with E-state index in [0.29, 0.717) is 5.69 Å². The summed E-state index contributed by atoms with van der Waals surface area (Å²) < 4.78 is 27.8. The van der Waals surface area contributed by atoms with Crippen LogP contribution in [0.1, 0.15) is 5.56 Å². The molecule has 0 bridgehead atoms. The minimum absolute atomic E-state index is 0.247. The molecule has 0 spiro atoms. The van der Waals surface area contributed by atoms with Gasteiger partial charge in [-0.15, -0.1) is 10.2 Å². The molecule has 0 atom stereocenters. The van der Waals surface area contributed by atoms with E-state index in [1.165, 1.54) is 0 Å². The molecular formula is C22H25N5O2S. The number of benzene rings is 2. The summed E-state index contributed by atoms with van der Waals surface area (Å²) in [7, 11) is -1.50. The Bertz CT molecular complexity index is 1110. The first-order valence-corrected chi connectivity index (χ1v) is 11.4. The van der Waals surface area contributed by atoms with Crippen LogP contribution >= 0.6 is 0 Å². The number of aromatic nitrogens is 2. The number of hydrogen-bond donors (Lipinski definition) is 1. The van der Waals surface area contributed by atoms with Crippen molar-refractivity contribution in [2.45, 2.75) is 11.8 Å². The molecule has 0 amide bonds. The molecule has 1 aliphatic heterocycles. The second-order valence-electron chi connectivity index (χ2n) is 7.57. The average molecular weight is 424 g/mol. The standard InChI is InChI=1S/C22H25N5O2S/c1-17-4-3-5-20(16-17)30(28,29)25-19-8-6-18(7-9-19)21-10-11-22(24-23-21)27-14-12-26(2)13-15-27/h3-11,16,25H,12-15H2,1-2H3. The minimum Gasteiger partial charge on any atom is -0.353 e. The number of likely N-dealkylation sites (N-methyl/N-ethyl adjacent to an activating group) is 1. The van der Waals surface area contributed by atoms with Gasteiger partial charge < -0.3 is 9.80 Å². The van der Waals surface area contributed by atoms with Crippen molar-refractivity contribution in [3.63, 3.8) is 0 Å². The average Bonchev–Trinajstić information content (AvgIpc) is 2.75. The molecular weight excluding hydrogens is 398 g/mol. The third-order valence-electron chi connectivity index (χ3n) is 5.21. The molecule has 2 aromatic carbocycles. The van der Waals surface area contributed by atoms with E-state index >= 15 is 0 Å². The lowest BCUT2D eigenvalue weighted by molar-refractivity contribution is 0.312. The quantitative estimate of drug-likeness (QED) is 0.680. The van der Waals surface area contributed by atoms with Gasteiger partial charge in [0.05, 0.1) is 10.6 Å². The molecule has 0 radical (unpaired) electrons. The van der Waals surface area contributed by atoms with Crippen molar-refractivity contribution in [3.05, 3.63) is 66.2 Å². The van der Waals surface area contributed by atoms with Crippen LogP contribution in [-0.2, 0) is 10.0 Å². The van der Waals surface area contributed by atoms with Crippen LogP contribution in [-0.4, -0.2) is 56.7 Å². The largest absolute Gasteiger partial charge is 0.353 e. The number of hydrogen-bond acceptors (Lipinski definition) is 6. The van der Waals surface area contributed by atoms with Gasteiger partial charge in [0, 0.05) is 37.4 Å². The zero-order valence-corrected chi connectivity index (χ0v) is 17.9. The molecule has 156 valence electrons. The third-order valence-corrected chi connectivity index (χ3v) is 6.59. The van der Waals surface area contributed by atoms with Gasteiger partial charge in [0.25, 0.3) is 10.0 Å². The van der Waals surface area contributed by atoms with E-state index in [2.05, 4.69) is 31.8 Å². The van der Waals surface area contributed by atoms with Crippen molar-refractivity contribution in [2.75, 3.05) is 42.8 Å². The normalized spacial score (nSPS) is 15.2. The Kier molecular flexibility index (Phi) is 5.69. The number of nitrogens with zero attached hydrogens (tertiary/aromatic N) is 4. The monoisotopic (exact) mass is 423 g/mol. The first kappa shape index (κ1) is 20.3. The molecule has 1 N–H and O–H groups in total. The molecule has 0 unspecified atom stereocenters. The number of rotatable bonds is 5. The SMILES string of the molecule is Cc1cccc(S(=O)(=O)Nc2ccc(-c3ccc(N4CCN(C)CC4)nn3)cc2)c1. The van der Waals surface area contributed by atoms with Crippen molar-refractivity contribution in [2.24, 2.45) is 0 Å². The van der Waals surface area contributed by atoms with Crippen molar-refractivity contribution >= 4 is 21.5 Å². The summed E-state index contributed by atoms with van der Waals surface area (Å²) in [4.78, 5) is 4.78. The van der Waals surface area contributed by atoms with Gasteiger partial charge in [-0.1, -0.05) is 24.3 Å². The molecule has 0 aliphatic carbocycles. The van der Waals surface area contributed by atoms with Crippen molar-refractivity contribution < 1.29 is 8.42 Å². The number of sulfonamides is 1. The third kappa shape index (κ3) is 4.60. The maximum absolute atomic E-state index is 12.6. The molecule has 8 heteroatoms. The Morgan fingerprint density at radius 1 is 0.900 bits per heavy atom. The van der Waals surface area contributed by atoms with Crippen LogP contribution in [0.15, 0.2) is 65.6 Å². The molecule has 3 aromatic rings. The fourth-order valence-corrected chi connectivity index (χ4v) is 4.55. The summed E-state index contributed by atoms with van der Waals surface area (Å²) >= 11 is 0. The maximum Gasteiger partial charge on any atom is 0.261 e. The predicted octanol–water partition coefficient (Wildman–Crippen LogP) is 3.00. The van der Waals surface area contributed by atoms with Gasteiger partial charge in [-0.05, 0) is 55.9 Å². The number of anilines is 2. The number of nitrogens with one attached hydrogen (secondary N) is 1. The highest BCUT2D eigenvalue weighted by molar-refractivity contribution is 7.92. The zero-order valence-electron chi connectivity index (χ0n) is 17.1. The van der Waals surface area contributed by atoms with Crippen LogP contribution in [0.3, 0.4) is 0 Å². The summed E-state index contributed by atoms with van der Waals surface area (Å²) in [5, 5.41) is 8.74. The van der Waals surface area contributed by atoms with E-state index < -0.39 is 10.0 Å². The van der Waals surface area contributed by atoms with Gasteiger partial charge in [0.2, 0.25) is 0 Å². The number of piperazine rings is 1. The van der Waals surface area contributed by atoms with Crippen LogP contribution in [0.4, 0.5) is 11.5 Å². The summed E-state index contributed by atoms with van der Waals surface area (Å²) in [5.74, 6) is 0.884. The molecule has 4 rings (SSSR count). The molecule has 1 aliphatic rings. The van der Waals surface area contributed by atoms with Gasteiger partial charge in [-0.25, -0.2) is 8.42 Å². The fourth-order valence-electron chi connectivity index (χ4n) is 3.39. The Hall–Kier alpha value is -2.97. The minimum atomic E-state index is -3.62. The summed E-state index contributed by atoms with van der Waals surface area (Å²) in [6.45, 7) is 5.79. The van der Waals surface area contributed by atoms with Gasteiger partial charge in [-0.3, -0.25) is 4.72 Å². The lowest BCUT2D eigenvalue weighted by atomic mass is 10.1. The molecule has 1 aromatic heterocycles. The molecule has 30 heavy (non-hydrogen) atoms. The van der Waals surface area contributed by atoms with E-state index in [0.717, 1.165) is 48.8 Å². The van der Waals surface area contributed by atoms with E-state index in [1.54, 1.807) is 30.3 Å². The zero-order chi connectivity index (χ0) is 21.1. The highest BCUT2D eigenvalue weighted by Crippen LogP contribution is 2.23. The first-order chi connectivity index (χ1) is 14.4. The van der Waals surface area contributed by atoms with Crippen LogP contribution in [0.25, 0.3) is 11.3 Å². The van der Waals surface area contributed by atoms with Gasteiger partial charge in [0.1, 0.15) is 0 Å². The summed E-state index contributed by atoms with van der Waals surface area (Å²) in [6.07, 6.45) is 0. The fraction of sp³-hybridized carbons (Fsp3) is 0.273. The van der Waals surface area contributed by atoms with Crippen molar-refractivity contribution in [3.8, 4) is 11.3 Å². The van der Waals surface area contributed by atoms with Gasteiger partial charge in [-0.2, -0.15) is 0 Å². The smallest absolute Gasteiger partial charge is 0.261 e. The van der Waals surface area contributed by atoms with Crippen molar-refractivity contribution in [1.82, 2.24) is 15.1 Å². The maximum atomic E-state index is 12.6. The molecule has 7 nitrogen and oxygen atoms in total. The van der Waals surface area contributed by atoms with Crippen LogP contribution in [0.2, 0.25) is 0 Å². The Morgan fingerprint density at radius 3 is 2.27 bits per heavy atom. The van der Waals surface area contributed by atoms with E-state index in [-0.39, 0.29) is 4.90 Å². The first-order valence-electron chi connectivity index (χ1n) is 9.88. The predicted molar refractivity (Wildman–Crippen MR) is 119 cm³/mol. The van der Waals surface area contributed by atoms with Crippen LogP contribution in [0.5, 0.6) is 0 Å². The van der Waals surface area contributed by atoms with Gasteiger partial charge >= 0.3 is 0 Å². The second-order valence-corrected chi connectivity index (χ2v) is 9.25. The Balaban J connectivity index is 1.46. The Labute approximate surface area is 177 Å². The number of aryl methyl sites for hydroxylation is 1. The lowest BCUT2D eigenvalue weighted by Crippen LogP contribution is -2.44. The van der Waals surface area contributed by atoms with Gasteiger partial charge in [0.15, 0.2) is 5.82 Å². The van der Waals surface area contributed by atoms with Crippen LogP contribution < -0.4 is 9.62 Å². The summed E-state index contributed by atoms with van der Waals surface area (Å²) in [5.41, 5.74) is 3.03. The molecule has 0 saturated carbocycles. The van der Waals surface area contributed by atoms with E-state index in [1.807, 2.05) is 37.3 Å². The second kappa shape index (κ2) is 8.41. The van der Waals surface area contributed by atoms with Crippen LogP contribution in [0, 0.1) is 6.92 Å². The molecule has 1 saturated heterocycles. The highest BCUT2D eigenvalue weighted by Gasteiger charge is 2.16. The summed E-state index contributed by atoms with van der Waals surface area (Å²) in [6, 6.07) is 17.9. The molecule has 1 fully saturated rings. The highest BCUT2D eigenvalue weighted by atomic mass is 32.2. The molecule has 2 heterocycles. The van der Waals surface area contributed by atoms with Crippen molar-refractivity contribution in [1.29, 1.82) is 0 Å². The lowest BCUT2D eigenvalue weighted by Gasteiger charge is -2.32.